The topological polar surface area (TPSA) is 230 Å². The first-order chi connectivity index (χ1) is 35.3. The number of unbranched alkanes of at least 4 members (excludes halogenated alkanes) is 4. The highest BCUT2D eigenvalue weighted by molar-refractivity contribution is 6.07. The minimum absolute atomic E-state index is 0.0546. The van der Waals surface area contributed by atoms with Crippen molar-refractivity contribution in [2.24, 2.45) is 10.8 Å². The van der Waals surface area contributed by atoms with Crippen LogP contribution in [0, 0.1) is 0 Å². The summed E-state index contributed by atoms with van der Waals surface area (Å²) < 4.78 is 32.1. The first-order valence-corrected chi connectivity index (χ1v) is 25.3. The largest absolute Gasteiger partial charge is 0.382 e. The number of fused-ring (bicyclic) bond motifs is 2. The molecule has 19 heteroatoms. The van der Waals surface area contributed by atoms with Gasteiger partial charge in [-0.25, -0.2) is 9.80 Å². The molecule has 2 aliphatic heterocycles. The monoisotopic (exact) mass is 996 g/mol. The molecule has 4 aromatic rings. The van der Waals surface area contributed by atoms with Crippen molar-refractivity contribution in [1.82, 2.24) is 30.5 Å². The average Bonchev–Trinajstić information content (AvgIpc) is 3.84. The maximum absolute atomic E-state index is 14.2. The quantitative estimate of drug-likeness (QED) is 0.0436. The second-order valence-corrected chi connectivity index (χ2v) is 17.7. The first-order valence-electron chi connectivity index (χ1n) is 25.3. The number of rotatable bonds is 34. The van der Waals surface area contributed by atoms with Gasteiger partial charge in [0.1, 0.15) is 0 Å². The Hall–Kier alpha value is -5.93. The van der Waals surface area contributed by atoms with Gasteiger partial charge in [0.15, 0.2) is 0 Å². The number of carbonyl (C=O) groups is 4. The van der Waals surface area contributed by atoms with Gasteiger partial charge in [-0.2, -0.15) is 5.10 Å². The molecule has 2 aromatic heterocycles. The number of carbonyl (C=O) groups excluding carboxylic acids is 4. The number of methoxy groups -OCH3 is 1. The Balaban J connectivity index is 0.817. The van der Waals surface area contributed by atoms with Gasteiger partial charge in [-0.15, -0.1) is 0 Å². The Morgan fingerprint density at radius 3 is 2.11 bits per heavy atom. The number of urea groups is 1. The Labute approximate surface area is 422 Å². The van der Waals surface area contributed by atoms with E-state index in [-0.39, 0.29) is 30.2 Å². The van der Waals surface area contributed by atoms with E-state index in [0.29, 0.717) is 137 Å². The number of pyridine rings is 2. The van der Waals surface area contributed by atoms with E-state index in [1.807, 2.05) is 60.7 Å². The van der Waals surface area contributed by atoms with E-state index in [1.54, 1.807) is 35.6 Å². The van der Waals surface area contributed by atoms with Crippen LogP contribution in [0.3, 0.4) is 0 Å². The van der Waals surface area contributed by atoms with Crippen molar-refractivity contribution in [3.63, 3.8) is 0 Å². The number of hydrogen-bond acceptors (Lipinski definition) is 14. The van der Waals surface area contributed by atoms with Crippen LogP contribution in [-0.4, -0.2) is 155 Å². The van der Waals surface area contributed by atoms with Crippen molar-refractivity contribution in [1.29, 1.82) is 0 Å². The van der Waals surface area contributed by atoms with Gasteiger partial charge in [0, 0.05) is 82.3 Å². The van der Waals surface area contributed by atoms with E-state index >= 15 is 0 Å². The third kappa shape index (κ3) is 18.6. The number of anilines is 1. The molecule has 6 rings (SSSR count). The SMILES string of the molecule is COCCOCCOCCOCCOCCOCCC(=O)NCCCC[C@H](N)C(=O)NCCCCCCN1N=C(c2ccc(NC(=O)N3Cc4ccncc4C3)cc2)CC(c2cccc3ncccc23)C1=O. The van der Waals surface area contributed by atoms with Crippen LogP contribution < -0.4 is 21.7 Å². The zero-order valence-corrected chi connectivity index (χ0v) is 41.7. The van der Waals surface area contributed by atoms with Crippen molar-refractivity contribution in [3.05, 3.63) is 102 Å². The summed E-state index contributed by atoms with van der Waals surface area (Å²) in [5, 5.41) is 16.3. The van der Waals surface area contributed by atoms with Crippen LogP contribution in [0.5, 0.6) is 0 Å². The standard InChI is InChI=1S/C53H73N9O10/c1-67-26-27-69-30-31-71-34-35-72-33-32-70-29-28-68-25-19-50(63)57-20-6-4-12-47(54)51(64)58-21-5-2-3-7-24-62-52(65)46(44-10-8-13-48-45(44)11-9-22-56-48)36-49(60-62)40-14-16-43(17-15-40)59-53(66)61-38-41-18-23-55-37-42(41)39-61/h8-11,13-18,22-23,37,46-47H,2-7,12,19-21,24-36,38-39,54H2,1H3,(H,57,63)(H,58,64)(H,59,66)/t46?,47-/m0/s1. The highest BCUT2D eigenvalue weighted by Gasteiger charge is 2.33. The van der Waals surface area contributed by atoms with Gasteiger partial charge in [-0.1, -0.05) is 43.2 Å². The van der Waals surface area contributed by atoms with Crippen LogP contribution in [-0.2, 0) is 55.9 Å². The maximum Gasteiger partial charge on any atom is 0.322 e. The summed E-state index contributed by atoms with van der Waals surface area (Å²) in [7, 11) is 1.63. The molecular weight excluding hydrogens is 923 g/mol. The summed E-state index contributed by atoms with van der Waals surface area (Å²) in [5.41, 5.74) is 12.4. The lowest BCUT2D eigenvalue weighted by atomic mass is 9.86. The zero-order chi connectivity index (χ0) is 50.6. The molecule has 390 valence electrons. The van der Waals surface area contributed by atoms with Crippen LogP contribution in [0.4, 0.5) is 10.5 Å². The third-order valence-corrected chi connectivity index (χ3v) is 12.3. The van der Waals surface area contributed by atoms with Crippen molar-refractivity contribution in [2.75, 3.05) is 105 Å². The van der Waals surface area contributed by atoms with Gasteiger partial charge in [0.2, 0.25) is 11.8 Å². The molecule has 0 radical (unpaired) electrons. The van der Waals surface area contributed by atoms with E-state index in [2.05, 4.69) is 25.9 Å². The zero-order valence-electron chi connectivity index (χ0n) is 41.7. The highest BCUT2D eigenvalue weighted by Crippen LogP contribution is 2.34. The number of nitrogens with zero attached hydrogens (tertiary/aromatic N) is 5. The summed E-state index contributed by atoms with van der Waals surface area (Å²) in [6.07, 6.45) is 11.1. The molecule has 0 aliphatic carbocycles. The summed E-state index contributed by atoms with van der Waals surface area (Å²) in [5.74, 6) is -0.780. The number of nitrogens with two attached hydrogens (primary N) is 1. The molecule has 19 nitrogen and oxygen atoms in total. The van der Waals surface area contributed by atoms with Crippen LogP contribution in [0.2, 0.25) is 0 Å². The molecule has 5 N–H and O–H groups in total. The fraction of sp³-hybridized carbons (Fsp3) is 0.528. The van der Waals surface area contributed by atoms with E-state index < -0.39 is 12.0 Å². The fourth-order valence-electron chi connectivity index (χ4n) is 8.33. The Kier molecular flexibility index (Phi) is 24.2. The Bertz CT molecular complexity index is 2290. The van der Waals surface area contributed by atoms with Gasteiger partial charge in [-0.05, 0) is 84.7 Å². The van der Waals surface area contributed by atoms with Crippen molar-refractivity contribution in [3.8, 4) is 0 Å². The van der Waals surface area contributed by atoms with Gasteiger partial charge < -0.3 is 55.0 Å². The molecule has 2 aliphatic rings. The molecule has 0 saturated carbocycles. The second-order valence-electron chi connectivity index (χ2n) is 17.7. The summed E-state index contributed by atoms with van der Waals surface area (Å²) in [6, 6.07) is 18.6. The molecule has 0 bridgehead atoms. The van der Waals surface area contributed by atoms with Gasteiger partial charge >= 0.3 is 6.03 Å². The van der Waals surface area contributed by atoms with Crippen LogP contribution in [0.1, 0.15) is 86.0 Å². The molecule has 0 spiro atoms. The molecule has 5 amide bonds. The number of hydrazone groups is 1. The summed E-state index contributed by atoms with van der Waals surface area (Å²) in [4.78, 5) is 62.6. The third-order valence-electron chi connectivity index (χ3n) is 12.3. The minimum atomic E-state index is -0.622. The number of ether oxygens (including phenoxy) is 6. The molecule has 2 aromatic carbocycles. The lowest BCUT2D eigenvalue weighted by Crippen LogP contribution is -2.41. The number of aromatic nitrogens is 2. The normalized spacial score (nSPS) is 14.8. The molecular formula is C53H73N9O10. The fourth-order valence-corrected chi connectivity index (χ4v) is 8.33. The maximum atomic E-state index is 14.2. The molecule has 0 saturated heterocycles. The summed E-state index contributed by atoms with van der Waals surface area (Å²) >= 11 is 0. The molecule has 4 heterocycles. The summed E-state index contributed by atoms with van der Waals surface area (Å²) in [6.45, 7) is 7.68. The number of benzene rings is 2. The van der Waals surface area contributed by atoms with Crippen LogP contribution in [0.15, 0.2) is 84.4 Å². The number of amides is 5. The lowest BCUT2D eigenvalue weighted by molar-refractivity contribution is -0.133. The van der Waals surface area contributed by atoms with E-state index in [1.165, 1.54) is 0 Å². The predicted octanol–water partition coefficient (Wildman–Crippen LogP) is 5.31. The van der Waals surface area contributed by atoms with Gasteiger partial charge in [0.25, 0.3) is 5.91 Å². The van der Waals surface area contributed by atoms with Crippen LogP contribution in [0.25, 0.3) is 10.9 Å². The van der Waals surface area contributed by atoms with E-state index in [9.17, 15) is 19.2 Å². The van der Waals surface area contributed by atoms with Gasteiger partial charge in [0.05, 0.1) is 95.9 Å². The predicted molar refractivity (Wildman–Crippen MR) is 273 cm³/mol. The van der Waals surface area contributed by atoms with Crippen molar-refractivity contribution >= 4 is 46.1 Å². The smallest absolute Gasteiger partial charge is 0.322 e. The van der Waals surface area contributed by atoms with Crippen LogP contribution >= 0.6 is 0 Å². The molecule has 1 unspecified atom stereocenters. The highest BCUT2D eigenvalue weighted by atomic mass is 16.6. The molecule has 0 fully saturated rings. The number of nitrogens with one attached hydrogen (secondary N) is 3. The van der Waals surface area contributed by atoms with E-state index in [0.717, 1.165) is 64.6 Å². The Morgan fingerprint density at radius 2 is 1.39 bits per heavy atom. The van der Waals surface area contributed by atoms with Gasteiger partial charge in [-0.3, -0.25) is 24.4 Å². The van der Waals surface area contributed by atoms with E-state index in [4.69, 9.17) is 39.3 Å². The Morgan fingerprint density at radius 1 is 0.722 bits per heavy atom. The average molecular weight is 996 g/mol. The first kappa shape index (κ1) is 55.4. The lowest BCUT2D eigenvalue weighted by Gasteiger charge is -2.30. The molecule has 72 heavy (non-hydrogen) atoms. The van der Waals surface area contributed by atoms with Crippen molar-refractivity contribution < 1.29 is 47.6 Å². The number of hydrogen-bond donors (Lipinski definition) is 4. The second kappa shape index (κ2) is 31.5. The molecule has 2 atom stereocenters. The minimum Gasteiger partial charge on any atom is -0.382 e. The van der Waals surface area contributed by atoms with Crippen molar-refractivity contribution in [2.45, 2.75) is 82.8 Å².